The summed E-state index contributed by atoms with van der Waals surface area (Å²) in [5.41, 5.74) is 0.714. The summed E-state index contributed by atoms with van der Waals surface area (Å²) in [4.78, 5) is 22.0. The molecule has 8 heteroatoms. The first-order valence-corrected chi connectivity index (χ1v) is 4.62. The van der Waals surface area contributed by atoms with E-state index in [0.29, 0.717) is 0 Å². The molecule has 0 aliphatic rings. The second-order valence-corrected chi connectivity index (χ2v) is 3.17. The minimum atomic E-state index is -1.27. The molecule has 2 aromatic rings. The maximum Gasteiger partial charge on any atom is 0.374 e. The number of amides is 1. The number of carboxylic acid groups (broad SMARTS) is 1. The smallest absolute Gasteiger partial charge is 0.374 e. The Hall–Kier alpha value is -2.64. The van der Waals surface area contributed by atoms with Crippen molar-refractivity contribution < 1.29 is 19.2 Å². The summed E-state index contributed by atoms with van der Waals surface area (Å²) in [6.45, 7) is 0.268. The predicted molar refractivity (Wildman–Crippen MR) is 53.2 cm³/mol. The third kappa shape index (κ3) is 2.48. The molecule has 0 aliphatic heterocycles. The number of carbonyl (C=O) groups is 2. The Labute approximate surface area is 94.6 Å². The van der Waals surface area contributed by atoms with Crippen LogP contribution in [0.3, 0.4) is 0 Å². The number of carboxylic acids is 1. The van der Waals surface area contributed by atoms with E-state index in [1.54, 1.807) is 12.4 Å². The molecule has 2 rings (SSSR count). The Kier molecular flexibility index (Phi) is 2.86. The lowest BCUT2D eigenvalue weighted by atomic mass is 10.3. The monoisotopic (exact) mass is 236 g/mol. The van der Waals surface area contributed by atoms with Crippen LogP contribution in [0.5, 0.6) is 0 Å². The summed E-state index contributed by atoms with van der Waals surface area (Å²) in [7, 11) is 0. The van der Waals surface area contributed by atoms with E-state index >= 15 is 0 Å². The van der Waals surface area contributed by atoms with Gasteiger partial charge in [0.1, 0.15) is 0 Å². The van der Waals surface area contributed by atoms with Gasteiger partial charge in [0.15, 0.2) is 5.69 Å². The summed E-state index contributed by atoms with van der Waals surface area (Å²) in [5.74, 6) is -2.16. The molecule has 0 fully saturated rings. The van der Waals surface area contributed by atoms with Crippen LogP contribution in [0.1, 0.15) is 26.6 Å². The van der Waals surface area contributed by atoms with Crippen molar-refractivity contribution >= 4 is 11.9 Å². The highest BCUT2D eigenvalue weighted by Crippen LogP contribution is 2.03. The highest BCUT2D eigenvalue weighted by atomic mass is 16.5. The number of hydrogen-bond acceptors (Lipinski definition) is 5. The number of hydrogen-bond donors (Lipinski definition) is 3. The third-order valence-electron chi connectivity index (χ3n) is 1.96. The molecule has 17 heavy (non-hydrogen) atoms. The van der Waals surface area contributed by atoms with Gasteiger partial charge in [-0.15, -0.1) is 0 Å². The fourth-order valence-electron chi connectivity index (χ4n) is 1.13. The standard InChI is InChI=1S/C9H8N4O4/c14-8(10-2-5-3-11-12-4-5)6-1-7(9(15)16)17-13-6/h1,3-4H,2H2,(H,10,14)(H,11,12)(H,15,16). The highest BCUT2D eigenvalue weighted by Gasteiger charge is 2.16. The Morgan fingerprint density at radius 1 is 1.53 bits per heavy atom. The van der Waals surface area contributed by atoms with E-state index in [9.17, 15) is 9.59 Å². The first-order valence-electron chi connectivity index (χ1n) is 4.62. The maximum atomic E-state index is 11.5. The van der Waals surface area contributed by atoms with Gasteiger partial charge in [0.25, 0.3) is 5.91 Å². The molecule has 0 saturated carbocycles. The molecule has 2 heterocycles. The number of rotatable bonds is 4. The zero-order chi connectivity index (χ0) is 12.3. The Morgan fingerprint density at radius 2 is 2.35 bits per heavy atom. The van der Waals surface area contributed by atoms with Crippen molar-refractivity contribution in [2.24, 2.45) is 0 Å². The molecule has 0 atom stereocenters. The molecule has 0 radical (unpaired) electrons. The summed E-state index contributed by atoms with van der Waals surface area (Å²) >= 11 is 0. The predicted octanol–water partition coefficient (Wildman–Crippen LogP) is 0.0259. The van der Waals surface area contributed by atoms with Gasteiger partial charge in [0, 0.05) is 24.4 Å². The van der Waals surface area contributed by atoms with Gasteiger partial charge >= 0.3 is 5.97 Å². The van der Waals surface area contributed by atoms with Gasteiger partial charge in [0.05, 0.1) is 6.20 Å². The fourth-order valence-corrected chi connectivity index (χ4v) is 1.13. The molecule has 8 nitrogen and oxygen atoms in total. The van der Waals surface area contributed by atoms with Crippen LogP contribution in [-0.4, -0.2) is 32.3 Å². The number of nitrogens with one attached hydrogen (secondary N) is 2. The van der Waals surface area contributed by atoms with Crippen molar-refractivity contribution in [3.8, 4) is 0 Å². The van der Waals surface area contributed by atoms with Gasteiger partial charge in [-0.3, -0.25) is 9.89 Å². The molecule has 3 N–H and O–H groups in total. The average molecular weight is 236 g/mol. The molecule has 2 aromatic heterocycles. The maximum absolute atomic E-state index is 11.5. The van der Waals surface area contributed by atoms with Crippen LogP contribution < -0.4 is 5.32 Å². The van der Waals surface area contributed by atoms with E-state index in [-0.39, 0.29) is 18.0 Å². The molecule has 0 spiro atoms. The van der Waals surface area contributed by atoms with Crippen LogP contribution in [0, 0.1) is 0 Å². The SMILES string of the molecule is O=C(NCc1cn[nH]c1)c1cc(C(=O)O)on1. The Morgan fingerprint density at radius 3 is 2.94 bits per heavy atom. The van der Waals surface area contributed by atoms with E-state index in [1.165, 1.54) is 0 Å². The van der Waals surface area contributed by atoms with Gasteiger partial charge < -0.3 is 14.9 Å². The highest BCUT2D eigenvalue weighted by molar-refractivity contribution is 5.94. The first kappa shape index (κ1) is 10.9. The lowest BCUT2D eigenvalue weighted by molar-refractivity contribution is 0.0651. The van der Waals surface area contributed by atoms with Crippen LogP contribution in [0.2, 0.25) is 0 Å². The lowest BCUT2D eigenvalue weighted by Crippen LogP contribution is -2.22. The zero-order valence-corrected chi connectivity index (χ0v) is 8.51. The average Bonchev–Trinajstić information content (AvgIpc) is 2.96. The van der Waals surface area contributed by atoms with Crippen molar-refractivity contribution in [3.05, 3.63) is 35.5 Å². The minimum Gasteiger partial charge on any atom is -0.475 e. The van der Waals surface area contributed by atoms with Gasteiger partial charge in [-0.2, -0.15) is 5.10 Å². The molecule has 0 aliphatic carbocycles. The normalized spacial score (nSPS) is 10.1. The topological polar surface area (TPSA) is 121 Å². The molecule has 0 bridgehead atoms. The number of aromatic carboxylic acids is 1. The van der Waals surface area contributed by atoms with Gasteiger partial charge in [-0.05, 0) is 0 Å². The Balaban J connectivity index is 1.97. The summed E-state index contributed by atoms with van der Waals surface area (Å²) in [5, 5.41) is 20.8. The van der Waals surface area contributed by atoms with E-state index < -0.39 is 11.9 Å². The minimum absolute atomic E-state index is 0.0779. The van der Waals surface area contributed by atoms with Gasteiger partial charge in [0.2, 0.25) is 5.76 Å². The Bertz CT molecular complexity index is 531. The molecule has 0 saturated heterocycles. The number of aromatic amines is 1. The van der Waals surface area contributed by atoms with Crippen LogP contribution in [0.4, 0.5) is 0 Å². The quantitative estimate of drug-likeness (QED) is 0.688. The van der Waals surface area contributed by atoms with Gasteiger partial charge in [-0.1, -0.05) is 5.16 Å². The van der Waals surface area contributed by atoms with E-state index in [4.69, 9.17) is 5.11 Å². The number of H-pyrrole nitrogens is 1. The molecular weight excluding hydrogens is 228 g/mol. The van der Waals surface area contributed by atoms with Crippen molar-refractivity contribution in [3.63, 3.8) is 0 Å². The number of nitrogens with zero attached hydrogens (tertiary/aromatic N) is 2. The van der Waals surface area contributed by atoms with Crippen molar-refractivity contribution in [1.29, 1.82) is 0 Å². The molecule has 0 unspecified atom stereocenters. The summed E-state index contributed by atoms with van der Waals surface area (Å²) < 4.78 is 4.46. The molecule has 0 aromatic carbocycles. The second kappa shape index (κ2) is 4.47. The van der Waals surface area contributed by atoms with Crippen molar-refractivity contribution in [2.45, 2.75) is 6.54 Å². The number of carbonyl (C=O) groups excluding carboxylic acids is 1. The summed E-state index contributed by atoms with van der Waals surface area (Å²) in [6.07, 6.45) is 3.19. The molecular formula is C9H8N4O4. The van der Waals surface area contributed by atoms with Crippen LogP contribution in [0.15, 0.2) is 23.0 Å². The fraction of sp³-hybridized carbons (Fsp3) is 0.111. The van der Waals surface area contributed by atoms with Crippen LogP contribution in [-0.2, 0) is 6.54 Å². The third-order valence-corrected chi connectivity index (χ3v) is 1.96. The number of aromatic nitrogens is 3. The van der Waals surface area contributed by atoms with Gasteiger partial charge in [-0.25, -0.2) is 4.79 Å². The molecule has 88 valence electrons. The largest absolute Gasteiger partial charge is 0.475 e. The molecule has 1 amide bonds. The van der Waals surface area contributed by atoms with Crippen LogP contribution in [0.25, 0.3) is 0 Å². The van der Waals surface area contributed by atoms with E-state index in [2.05, 4.69) is 25.2 Å². The van der Waals surface area contributed by atoms with Crippen LogP contribution >= 0.6 is 0 Å². The second-order valence-electron chi connectivity index (χ2n) is 3.17. The summed E-state index contributed by atoms with van der Waals surface area (Å²) in [6, 6.07) is 1.06. The zero-order valence-electron chi connectivity index (χ0n) is 8.51. The van der Waals surface area contributed by atoms with E-state index in [1.807, 2.05) is 0 Å². The van der Waals surface area contributed by atoms with Crippen molar-refractivity contribution in [2.75, 3.05) is 0 Å². The first-order chi connectivity index (χ1) is 8.16. The lowest BCUT2D eigenvalue weighted by Gasteiger charge is -1.98. The van der Waals surface area contributed by atoms with E-state index in [0.717, 1.165) is 11.6 Å². The van der Waals surface area contributed by atoms with Crippen molar-refractivity contribution in [1.82, 2.24) is 20.7 Å².